The molecule has 0 N–H and O–H groups in total. The highest BCUT2D eigenvalue weighted by Crippen LogP contribution is 2.16. The lowest BCUT2D eigenvalue weighted by molar-refractivity contribution is 0.0355. The van der Waals surface area contributed by atoms with Crippen LogP contribution in [0, 0.1) is 0 Å². The van der Waals surface area contributed by atoms with Crippen LogP contribution in [0.5, 0.6) is 5.88 Å². The van der Waals surface area contributed by atoms with E-state index in [0.29, 0.717) is 12.0 Å². The summed E-state index contributed by atoms with van der Waals surface area (Å²) in [6, 6.07) is 7.62. The van der Waals surface area contributed by atoms with Crippen LogP contribution in [0.1, 0.15) is 0 Å². The van der Waals surface area contributed by atoms with Gasteiger partial charge in [-0.2, -0.15) is 0 Å². The van der Waals surface area contributed by atoms with Gasteiger partial charge in [0.1, 0.15) is 10.7 Å². The maximum Gasteiger partial charge on any atom is 0.213 e. The van der Waals surface area contributed by atoms with Crippen molar-refractivity contribution in [3.8, 4) is 5.88 Å². The maximum atomic E-state index is 5.60. The van der Waals surface area contributed by atoms with Gasteiger partial charge in [0.05, 0.1) is 0 Å². The minimum absolute atomic E-state index is 0.318. The molecule has 1 aliphatic heterocycles. The minimum Gasteiger partial charge on any atom is -0.472 e. The summed E-state index contributed by atoms with van der Waals surface area (Å²) >= 11 is 9.80. The molecule has 1 fully saturated rings. The molecule has 0 radical (unpaired) electrons. The second-order valence-corrected chi connectivity index (χ2v) is 7.22. The van der Waals surface area contributed by atoms with Crippen molar-refractivity contribution in [2.75, 3.05) is 20.1 Å². The molecule has 112 valence electrons. The highest BCUT2D eigenvalue weighted by Gasteiger charge is 2.24. The number of nitrogens with zero attached hydrogens (tertiary/aromatic N) is 3. The third-order valence-electron chi connectivity index (χ3n) is 2.71. The van der Waals surface area contributed by atoms with Gasteiger partial charge in [0.25, 0.3) is 0 Å². The van der Waals surface area contributed by atoms with Crippen LogP contribution in [0.2, 0.25) is 0 Å². The Hall–Kier alpha value is -0.500. The zero-order chi connectivity index (χ0) is 15.2. The highest BCUT2D eigenvalue weighted by atomic mass is 79.9. The van der Waals surface area contributed by atoms with E-state index in [1.54, 1.807) is 12.4 Å². The van der Waals surface area contributed by atoms with E-state index >= 15 is 0 Å². The Labute approximate surface area is 149 Å². The first-order chi connectivity index (χ1) is 10.0. The van der Waals surface area contributed by atoms with E-state index in [2.05, 4.69) is 69.7 Å². The zero-order valence-electron chi connectivity index (χ0n) is 11.3. The summed E-state index contributed by atoms with van der Waals surface area (Å²) in [5.41, 5.74) is 0. The van der Waals surface area contributed by atoms with Crippen LogP contribution in [0.15, 0.2) is 50.2 Å². The van der Waals surface area contributed by atoms with Crippen molar-refractivity contribution < 1.29 is 4.74 Å². The van der Waals surface area contributed by atoms with Crippen LogP contribution in [0.25, 0.3) is 0 Å². The Bertz CT molecular complexity index is 536. The number of likely N-dealkylation sites (tertiary alicyclic amines) is 1. The second-order valence-electron chi connectivity index (χ2n) is 4.57. The normalized spacial score (nSPS) is 14.9. The summed E-state index contributed by atoms with van der Waals surface area (Å²) in [5, 5.41) is 0. The summed E-state index contributed by atoms with van der Waals surface area (Å²) in [6.45, 7) is 2.00. The average Bonchev–Trinajstić information content (AvgIpc) is 2.44. The number of hydrogen-bond acceptors (Lipinski definition) is 4. The molecule has 4 nitrogen and oxygen atoms in total. The van der Waals surface area contributed by atoms with Gasteiger partial charge in [-0.3, -0.25) is 4.90 Å². The summed E-state index contributed by atoms with van der Waals surface area (Å²) in [7, 11) is 2.08. The van der Waals surface area contributed by atoms with Crippen molar-refractivity contribution in [3.05, 3.63) is 50.2 Å². The van der Waals surface area contributed by atoms with Gasteiger partial charge >= 0.3 is 0 Å². The van der Waals surface area contributed by atoms with E-state index in [1.807, 2.05) is 24.3 Å². The number of rotatable bonds is 2. The summed E-state index contributed by atoms with van der Waals surface area (Å²) in [6.07, 6.45) is 3.81. The van der Waals surface area contributed by atoms with Crippen LogP contribution in [0.4, 0.5) is 0 Å². The van der Waals surface area contributed by atoms with E-state index in [9.17, 15) is 0 Å². The van der Waals surface area contributed by atoms with Crippen LogP contribution in [-0.4, -0.2) is 41.1 Å². The van der Waals surface area contributed by atoms with Crippen LogP contribution < -0.4 is 4.74 Å². The van der Waals surface area contributed by atoms with Gasteiger partial charge in [-0.05, 0) is 73.0 Å². The van der Waals surface area contributed by atoms with E-state index in [0.717, 1.165) is 26.6 Å². The highest BCUT2D eigenvalue weighted by molar-refractivity contribution is 9.11. The fraction of sp³-hybridized carbons (Fsp3) is 0.286. The van der Waals surface area contributed by atoms with Crippen molar-refractivity contribution in [2.24, 2.45) is 0 Å². The number of hydrogen-bond donors (Lipinski definition) is 0. The Balaban J connectivity index is 0.000000173. The number of halogens is 3. The number of likely N-dealkylation sites (N-methyl/N-ethyl adjacent to an activating group) is 1. The molecule has 0 unspecified atom stereocenters. The first-order valence-corrected chi connectivity index (χ1v) is 8.64. The van der Waals surface area contributed by atoms with Gasteiger partial charge in [0, 0.05) is 40.5 Å². The number of aromatic nitrogens is 2. The van der Waals surface area contributed by atoms with Crippen LogP contribution in [-0.2, 0) is 0 Å². The lowest BCUT2D eigenvalue weighted by atomic mass is 10.2. The first-order valence-electron chi connectivity index (χ1n) is 6.27. The molecule has 3 heterocycles. The van der Waals surface area contributed by atoms with E-state index in [1.165, 1.54) is 0 Å². The standard InChI is InChI=1S/C9H11BrN2O.C5H3Br2N/c1-12-5-8(6-12)13-9-3-2-7(10)4-11-9;6-4-1-2-5(7)8-3-4/h2-4,8H,5-6H2,1H3;1-3H. The minimum atomic E-state index is 0.318. The maximum absolute atomic E-state index is 5.60. The predicted molar refractivity (Wildman–Crippen MR) is 93.5 cm³/mol. The Morgan fingerprint density at radius 3 is 2.05 bits per heavy atom. The van der Waals surface area contributed by atoms with Crippen molar-refractivity contribution in [1.82, 2.24) is 14.9 Å². The van der Waals surface area contributed by atoms with Crippen LogP contribution in [0.3, 0.4) is 0 Å². The SMILES string of the molecule is Brc1ccc(Br)nc1.CN1CC(Oc2ccc(Br)cn2)C1. The molecule has 0 saturated carbocycles. The van der Waals surface area contributed by atoms with Gasteiger partial charge in [0.2, 0.25) is 5.88 Å². The van der Waals surface area contributed by atoms with E-state index < -0.39 is 0 Å². The fourth-order valence-electron chi connectivity index (χ4n) is 1.68. The van der Waals surface area contributed by atoms with Crippen molar-refractivity contribution in [1.29, 1.82) is 0 Å². The van der Waals surface area contributed by atoms with Gasteiger partial charge in [0.15, 0.2) is 0 Å². The van der Waals surface area contributed by atoms with Gasteiger partial charge in [-0.15, -0.1) is 0 Å². The molecule has 1 saturated heterocycles. The molecular weight excluding hydrogens is 466 g/mol. The largest absolute Gasteiger partial charge is 0.472 e. The van der Waals surface area contributed by atoms with E-state index in [-0.39, 0.29) is 0 Å². The molecule has 0 spiro atoms. The first kappa shape index (κ1) is 16.9. The van der Waals surface area contributed by atoms with Gasteiger partial charge in [-0.1, -0.05) is 0 Å². The zero-order valence-corrected chi connectivity index (χ0v) is 16.1. The smallest absolute Gasteiger partial charge is 0.213 e. The Morgan fingerprint density at radius 2 is 1.62 bits per heavy atom. The molecule has 21 heavy (non-hydrogen) atoms. The molecule has 0 aromatic carbocycles. The molecule has 0 atom stereocenters. The Morgan fingerprint density at radius 1 is 1.00 bits per heavy atom. The molecule has 0 bridgehead atoms. The Kier molecular flexibility index (Phi) is 6.60. The van der Waals surface area contributed by atoms with Crippen molar-refractivity contribution >= 4 is 47.8 Å². The number of pyridine rings is 2. The molecule has 2 aromatic rings. The molecule has 7 heteroatoms. The molecule has 1 aliphatic rings. The van der Waals surface area contributed by atoms with Gasteiger partial charge in [-0.25, -0.2) is 9.97 Å². The van der Waals surface area contributed by atoms with Crippen LogP contribution >= 0.6 is 47.8 Å². The molecule has 0 aliphatic carbocycles. The molecule has 3 rings (SSSR count). The van der Waals surface area contributed by atoms with Crippen molar-refractivity contribution in [3.63, 3.8) is 0 Å². The monoisotopic (exact) mass is 477 g/mol. The fourth-order valence-corrected chi connectivity index (χ4v) is 2.38. The third kappa shape index (κ3) is 6.02. The predicted octanol–water partition coefficient (Wildman–Crippen LogP) is 4.14. The summed E-state index contributed by atoms with van der Waals surface area (Å²) in [5.74, 6) is 0.710. The number of ether oxygens (including phenoxy) is 1. The van der Waals surface area contributed by atoms with Gasteiger partial charge < -0.3 is 4.74 Å². The average molecular weight is 480 g/mol. The summed E-state index contributed by atoms with van der Waals surface area (Å²) < 4.78 is 8.44. The lowest BCUT2D eigenvalue weighted by Crippen LogP contribution is -2.51. The second kappa shape index (κ2) is 8.22. The topological polar surface area (TPSA) is 38.2 Å². The van der Waals surface area contributed by atoms with Crippen molar-refractivity contribution in [2.45, 2.75) is 6.10 Å². The quantitative estimate of drug-likeness (QED) is 0.607. The molecule has 2 aromatic heterocycles. The third-order valence-corrected chi connectivity index (χ3v) is 4.12. The molecule has 0 amide bonds. The molecular formula is C14H14Br3N3O. The lowest BCUT2D eigenvalue weighted by Gasteiger charge is -2.35. The summed E-state index contributed by atoms with van der Waals surface area (Å²) in [4.78, 5) is 10.3. The van der Waals surface area contributed by atoms with E-state index in [4.69, 9.17) is 4.74 Å².